The van der Waals surface area contributed by atoms with Crippen molar-refractivity contribution in [3.05, 3.63) is 53.6 Å². The van der Waals surface area contributed by atoms with Gasteiger partial charge in [-0.3, -0.25) is 0 Å². The van der Waals surface area contributed by atoms with Gasteiger partial charge >= 0.3 is 0 Å². The largest absolute Gasteiger partial charge is 0.494 e. The zero-order chi connectivity index (χ0) is 13.7. The number of aliphatic hydroxyl groups is 1. The highest BCUT2D eigenvalue weighted by molar-refractivity contribution is 5.41. The molecule has 19 heavy (non-hydrogen) atoms. The molecule has 0 unspecified atom stereocenters. The number of rotatable bonds is 5. The summed E-state index contributed by atoms with van der Waals surface area (Å²) in [5.41, 5.74) is 1.88. The van der Waals surface area contributed by atoms with E-state index in [0.29, 0.717) is 6.61 Å². The van der Waals surface area contributed by atoms with E-state index in [1.165, 1.54) is 0 Å². The van der Waals surface area contributed by atoms with Crippen molar-refractivity contribution in [3.63, 3.8) is 0 Å². The molecular formula is C16H18O3. The average molecular weight is 258 g/mol. The van der Waals surface area contributed by atoms with E-state index < -0.39 is 0 Å². The lowest BCUT2D eigenvalue weighted by Gasteiger charge is -2.11. The molecule has 0 fully saturated rings. The third-order valence-corrected chi connectivity index (χ3v) is 2.77. The Morgan fingerprint density at radius 2 is 1.84 bits per heavy atom. The summed E-state index contributed by atoms with van der Waals surface area (Å²) in [6, 6.07) is 13.2. The van der Waals surface area contributed by atoms with Gasteiger partial charge in [-0.25, -0.2) is 0 Å². The number of hydrogen-bond donors (Lipinski definition) is 1. The molecule has 1 N–H and O–H groups in total. The second-order valence-electron chi connectivity index (χ2n) is 4.27. The fourth-order valence-electron chi connectivity index (χ4n) is 1.85. The lowest BCUT2D eigenvalue weighted by molar-refractivity contribution is 0.281. The minimum absolute atomic E-state index is 0.0426. The smallest absolute Gasteiger partial charge is 0.131 e. The number of hydrogen-bond acceptors (Lipinski definition) is 3. The molecule has 0 heterocycles. The highest BCUT2D eigenvalue weighted by Crippen LogP contribution is 2.28. The molecule has 100 valence electrons. The molecule has 0 aromatic heterocycles. The zero-order valence-corrected chi connectivity index (χ0v) is 11.2. The highest BCUT2D eigenvalue weighted by atomic mass is 16.5. The summed E-state index contributed by atoms with van der Waals surface area (Å²) in [7, 11) is 0. The van der Waals surface area contributed by atoms with Crippen LogP contribution in [0.3, 0.4) is 0 Å². The predicted octanol–water partition coefficient (Wildman–Crippen LogP) is 3.68. The van der Waals surface area contributed by atoms with E-state index in [1.807, 2.05) is 56.3 Å². The van der Waals surface area contributed by atoms with Crippen LogP contribution in [0.1, 0.15) is 18.1 Å². The molecule has 3 heteroatoms. The summed E-state index contributed by atoms with van der Waals surface area (Å²) in [6.45, 7) is 4.58. The molecule has 0 atom stereocenters. The van der Waals surface area contributed by atoms with Gasteiger partial charge in [0.05, 0.1) is 13.2 Å². The van der Waals surface area contributed by atoms with Gasteiger partial charge < -0.3 is 14.6 Å². The minimum Gasteiger partial charge on any atom is -0.494 e. The molecular weight excluding hydrogens is 240 g/mol. The molecule has 0 saturated carbocycles. The first kappa shape index (κ1) is 13.4. The number of ether oxygens (including phenoxy) is 2. The molecule has 3 nitrogen and oxygen atoms in total. The lowest BCUT2D eigenvalue weighted by atomic mass is 10.1. The molecule has 0 aliphatic rings. The van der Waals surface area contributed by atoms with Crippen LogP contribution in [0.4, 0.5) is 0 Å². The normalized spacial score (nSPS) is 10.3. The van der Waals surface area contributed by atoms with Crippen molar-refractivity contribution >= 4 is 0 Å². The maximum atomic E-state index is 9.08. The Balaban J connectivity index is 2.18. The molecule has 0 amide bonds. The van der Waals surface area contributed by atoms with Crippen molar-refractivity contribution in [2.45, 2.75) is 20.5 Å². The number of aliphatic hydroxyl groups excluding tert-OH is 1. The second kappa shape index (κ2) is 6.25. The molecule has 0 saturated heterocycles. The van der Waals surface area contributed by atoms with E-state index in [2.05, 4.69) is 0 Å². The Kier molecular flexibility index (Phi) is 4.42. The van der Waals surface area contributed by atoms with E-state index in [1.54, 1.807) is 0 Å². The van der Waals surface area contributed by atoms with Crippen LogP contribution in [0.25, 0.3) is 0 Å². The van der Waals surface area contributed by atoms with Crippen LogP contribution in [0, 0.1) is 6.92 Å². The van der Waals surface area contributed by atoms with Crippen LogP contribution in [0.15, 0.2) is 42.5 Å². The van der Waals surface area contributed by atoms with Gasteiger partial charge in [0.25, 0.3) is 0 Å². The Hall–Kier alpha value is -2.00. The predicted molar refractivity (Wildman–Crippen MR) is 74.8 cm³/mol. The van der Waals surface area contributed by atoms with Crippen molar-refractivity contribution in [1.82, 2.24) is 0 Å². The summed E-state index contributed by atoms with van der Waals surface area (Å²) in [4.78, 5) is 0. The highest BCUT2D eigenvalue weighted by Gasteiger charge is 2.04. The molecule has 0 spiro atoms. The first-order valence-electron chi connectivity index (χ1n) is 6.34. The third-order valence-electron chi connectivity index (χ3n) is 2.77. The summed E-state index contributed by atoms with van der Waals surface area (Å²) >= 11 is 0. The average Bonchev–Trinajstić information content (AvgIpc) is 2.42. The van der Waals surface area contributed by atoms with Crippen molar-refractivity contribution in [2.24, 2.45) is 0 Å². The molecule has 0 aliphatic heterocycles. The van der Waals surface area contributed by atoms with Crippen molar-refractivity contribution in [3.8, 4) is 17.2 Å². The van der Waals surface area contributed by atoms with Crippen molar-refractivity contribution < 1.29 is 14.6 Å². The third kappa shape index (κ3) is 3.48. The molecule has 0 aliphatic carbocycles. The summed E-state index contributed by atoms with van der Waals surface area (Å²) in [6.07, 6.45) is 0. The maximum Gasteiger partial charge on any atom is 0.131 e. The van der Waals surface area contributed by atoms with Crippen LogP contribution in [-0.4, -0.2) is 11.7 Å². The van der Waals surface area contributed by atoms with Gasteiger partial charge in [-0.1, -0.05) is 18.2 Å². The van der Waals surface area contributed by atoms with Gasteiger partial charge in [0.15, 0.2) is 0 Å². The topological polar surface area (TPSA) is 38.7 Å². The van der Waals surface area contributed by atoms with E-state index in [0.717, 1.165) is 28.4 Å². The Morgan fingerprint density at radius 1 is 1.05 bits per heavy atom. The standard InChI is InChI=1S/C16H18O3/c1-3-18-14-5-4-6-15(10-14)19-16-8-7-13(11-17)9-12(16)2/h4-10,17H,3,11H2,1-2H3. The number of benzene rings is 2. The van der Waals surface area contributed by atoms with Gasteiger partial charge in [-0.05, 0) is 43.2 Å². The van der Waals surface area contributed by atoms with Gasteiger partial charge in [-0.15, -0.1) is 0 Å². The molecule has 2 aromatic rings. The van der Waals surface area contributed by atoms with Gasteiger partial charge in [-0.2, -0.15) is 0 Å². The zero-order valence-electron chi connectivity index (χ0n) is 11.2. The van der Waals surface area contributed by atoms with E-state index >= 15 is 0 Å². The Morgan fingerprint density at radius 3 is 2.53 bits per heavy atom. The number of aryl methyl sites for hydroxylation is 1. The Bertz CT molecular complexity index is 549. The quantitative estimate of drug-likeness (QED) is 0.889. The second-order valence-corrected chi connectivity index (χ2v) is 4.27. The first-order valence-corrected chi connectivity index (χ1v) is 6.34. The van der Waals surface area contributed by atoms with Crippen LogP contribution >= 0.6 is 0 Å². The molecule has 0 radical (unpaired) electrons. The van der Waals surface area contributed by atoms with Crippen LogP contribution in [0.5, 0.6) is 17.2 Å². The molecule has 0 bridgehead atoms. The fraction of sp³-hybridized carbons (Fsp3) is 0.250. The van der Waals surface area contributed by atoms with E-state index in [4.69, 9.17) is 14.6 Å². The Labute approximate surface area is 113 Å². The summed E-state index contributed by atoms with van der Waals surface area (Å²) in [5.74, 6) is 2.32. The summed E-state index contributed by atoms with van der Waals surface area (Å²) < 4.78 is 11.3. The van der Waals surface area contributed by atoms with Crippen molar-refractivity contribution in [2.75, 3.05) is 6.61 Å². The van der Waals surface area contributed by atoms with Gasteiger partial charge in [0.1, 0.15) is 17.2 Å². The SMILES string of the molecule is CCOc1cccc(Oc2ccc(CO)cc2C)c1. The maximum absolute atomic E-state index is 9.08. The minimum atomic E-state index is 0.0426. The molecule has 2 aromatic carbocycles. The summed E-state index contributed by atoms with van der Waals surface area (Å²) in [5, 5.41) is 9.08. The van der Waals surface area contributed by atoms with E-state index in [9.17, 15) is 0 Å². The van der Waals surface area contributed by atoms with Crippen LogP contribution in [0.2, 0.25) is 0 Å². The monoisotopic (exact) mass is 258 g/mol. The van der Waals surface area contributed by atoms with Gasteiger partial charge in [0.2, 0.25) is 0 Å². The first-order chi connectivity index (χ1) is 9.22. The van der Waals surface area contributed by atoms with Gasteiger partial charge in [0, 0.05) is 6.07 Å². The fourth-order valence-corrected chi connectivity index (χ4v) is 1.85. The van der Waals surface area contributed by atoms with Crippen LogP contribution < -0.4 is 9.47 Å². The van der Waals surface area contributed by atoms with Crippen LogP contribution in [-0.2, 0) is 6.61 Å². The lowest BCUT2D eigenvalue weighted by Crippen LogP contribution is -1.93. The van der Waals surface area contributed by atoms with Crippen molar-refractivity contribution in [1.29, 1.82) is 0 Å². The molecule has 2 rings (SSSR count). The van der Waals surface area contributed by atoms with E-state index in [-0.39, 0.29) is 6.61 Å².